The number of nitrogens with one attached hydrogen (secondary N) is 1. The third kappa shape index (κ3) is 6.44. The summed E-state index contributed by atoms with van der Waals surface area (Å²) in [4.78, 5) is 26.9. The molecule has 0 radical (unpaired) electrons. The molecule has 2 amide bonds. The Morgan fingerprint density at radius 3 is 2.38 bits per heavy atom. The quantitative estimate of drug-likeness (QED) is 0.672. The summed E-state index contributed by atoms with van der Waals surface area (Å²) in [5.41, 5.74) is -0.647. The minimum atomic E-state index is -0.647. The van der Waals surface area contributed by atoms with E-state index in [1.807, 2.05) is 18.9 Å². The summed E-state index contributed by atoms with van der Waals surface area (Å²) < 4.78 is 0. The van der Waals surface area contributed by atoms with Crippen molar-refractivity contribution in [2.45, 2.75) is 44.6 Å². The third-order valence-corrected chi connectivity index (χ3v) is 3.88. The molecule has 0 saturated heterocycles. The van der Waals surface area contributed by atoms with E-state index in [1.165, 1.54) is 4.90 Å². The maximum absolute atomic E-state index is 12.1. The van der Waals surface area contributed by atoms with Crippen LogP contribution in [-0.2, 0) is 9.59 Å². The predicted molar refractivity (Wildman–Crippen MR) is 81.9 cm³/mol. The first-order chi connectivity index (χ1) is 9.86. The normalized spacial score (nSPS) is 17.0. The number of hydrogen-bond donors (Lipinski definition) is 2. The Hall–Kier alpha value is -1.14. The molecule has 0 unspecified atom stereocenters. The summed E-state index contributed by atoms with van der Waals surface area (Å²) in [5, 5.41) is 13.1. The van der Waals surface area contributed by atoms with E-state index in [-0.39, 0.29) is 24.9 Å². The standard InChI is InChI=1S/C15H29N3O3/c1-4-9-16-13(19)10-18(3)14(20)11-17(2)12-15(21)7-5-6-8-15/h21H,4-12H2,1-3H3,(H,16,19). The summed E-state index contributed by atoms with van der Waals surface area (Å²) in [7, 11) is 3.46. The molecule has 1 aliphatic carbocycles. The predicted octanol–water partition coefficient (Wildman–Crippen LogP) is 0.208. The topological polar surface area (TPSA) is 72.9 Å². The maximum atomic E-state index is 12.1. The molecule has 1 aliphatic rings. The van der Waals surface area contributed by atoms with Crippen LogP contribution in [0.25, 0.3) is 0 Å². The van der Waals surface area contributed by atoms with Gasteiger partial charge in [0.1, 0.15) is 0 Å². The Balaban J connectivity index is 2.32. The second-order valence-corrected chi connectivity index (χ2v) is 6.20. The van der Waals surface area contributed by atoms with Crippen LogP contribution >= 0.6 is 0 Å². The van der Waals surface area contributed by atoms with Crippen LogP contribution in [0.1, 0.15) is 39.0 Å². The zero-order valence-corrected chi connectivity index (χ0v) is 13.5. The average Bonchev–Trinajstić information content (AvgIpc) is 2.82. The molecule has 0 atom stereocenters. The van der Waals surface area contributed by atoms with E-state index in [1.54, 1.807) is 7.05 Å². The van der Waals surface area contributed by atoms with Crippen LogP contribution in [0.3, 0.4) is 0 Å². The molecular weight excluding hydrogens is 270 g/mol. The summed E-state index contributed by atoms with van der Waals surface area (Å²) in [5.74, 6) is -0.240. The summed E-state index contributed by atoms with van der Waals surface area (Å²) >= 11 is 0. The number of rotatable bonds is 8. The van der Waals surface area contributed by atoms with Crippen molar-refractivity contribution in [2.24, 2.45) is 0 Å². The molecule has 6 heteroatoms. The molecule has 21 heavy (non-hydrogen) atoms. The minimum absolute atomic E-state index is 0.0803. The molecule has 1 rings (SSSR count). The molecule has 0 heterocycles. The fraction of sp³-hybridized carbons (Fsp3) is 0.867. The van der Waals surface area contributed by atoms with Crippen LogP contribution in [0.15, 0.2) is 0 Å². The van der Waals surface area contributed by atoms with Gasteiger partial charge in [-0.25, -0.2) is 0 Å². The summed E-state index contributed by atoms with van der Waals surface area (Å²) in [6, 6.07) is 0. The molecule has 0 aliphatic heterocycles. The monoisotopic (exact) mass is 299 g/mol. The molecule has 1 fully saturated rings. The van der Waals surface area contributed by atoms with Gasteiger partial charge in [-0.1, -0.05) is 19.8 Å². The third-order valence-electron chi connectivity index (χ3n) is 3.88. The van der Waals surface area contributed by atoms with Crippen molar-refractivity contribution in [3.63, 3.8) is 0 Å². The second-order valence-electron chi connectivity index (χ2n) is 6.20. The van der Waals surface area contributed by atoms with Crippen LogP contribution in [0.4, 0.5) is 0 Å². The highest BCUT2D eigenvalue weighted by Gasteiger charge is 2.32. The lowest BCUT2D eigenvalue weighted by Crippen LogP contribution is -2.46. The van der Waals surface area contributed by atoms with Crippen LogP contribution < -0.4 is 5.32 Å². The Bertz CT molecular complexity index is 354. The van der Waals surface area contributed by atoms with Gasteiger partial charge in [0.05, 0.1) is 18.7 Å². The van der Waals surface area contributed by atoms with E-state index in [0.29, 0.717) is 13.1 Å². The Morgan fingerprint density at radius 1 is 1.19 bits per heavy atom. The van der Waals surface area contributed by atoms with Crippen LogP contribution in [0, 0.1) is 0 Å². The van der Waals surface area contributed by atoms with Crippen molar-refractivity contribution < 1.29 is 14.7 Å². The van der Waals surface area contributed by atoms with Gasteiger partial charge < -0.3 is 15.3 Å². The van der Waals surface area contributed by atoms with E-state index < -0.39 is 5.60 Å². The van der Waals surface area contributed by atoms with Gasteiger partial charge in [0.15, 0.2) is 0 Å². The van der Waals surface area contributed by atoms with Gasteiger partial charge in [-0.05, 0) is 26.3 Å². The van der Waals surface area contributed by atoms with E-state index in [9.17, 15) is 14.7 Å². The zero-order valence-electron chi connectivity index (χ0n) is 13.5. The van der Waals surface area contributed by atoms with Crippen molar-refractivity contribution >= 4 is 11.8 Å². The van der Waals surface area contributed by atoms with Crippen molar-refractivity contribution in [1.29, 1.82) is 0 Å². The average molecular weight is 299 g/mol. The number of amides is 2. The highest BCUT2D eigenvalue weighted by Crippen LogP contribution is 2.29. The number of likely N-dealkylation sites (N-methyl/N-ethyl adjacent to an activating group) is 2. The van der Waals surface area contributed by atoms with Gasteiger partial charge in [0.2, 0.25) is 11.8 Å². The molecule has 0 aromatic carbocycles. The lowest BCUT2D eigenvalue weighted by Gasteiger charge is -2.29. The first-order valence-corrected chi connectivity index (χ1v) is 7.78. The fourth-order valence-electron chi connectivity index (χ4n) is 2.73. The molecule has 0 aromatic rings. The van der Waals surface area contributed by atoms with Crippen LogP contribution in [0.2, 0.25) is 0 Å². The largest absolute Gasteiger partial charge is 0.389 e. The molecule has 0 aromatic heterocycles. The van der Waals surface area contributed by atoms with Gasteiger partial charge in [0, 0.05) is 20.1 Å². The Morgan fingerprint density at radius 2 is 1.81 bits per heavy atom. The van der Waals surface area contributed by atoms with Gasteiger partial charge in [-0.15, -0.1) is 0 Å². The Kier molecular flexibility index (Phi) is 7.11. The number of nitrogens with zero attached hydrogens (tertiary/aromatic N) is 2. The van der Waals surface area contributed by atoms with E-state index in [2.05, 4.69) is 5.32 Å². The van der Waals surface area contributed by atoms with Gasteiger partial charge >= 0.3 is 0 Å². The van der Waals surface area contributed by atoms with E-state index in [0.717, 1.165) is 32.1 Å². The fourth-order valence-corrected chi connectivity index (χ4v) is 2.73. The summed E-state index contributed by atoms with van der Waals surface area (Å²) in [6.45, 7) is 3.43. The lowest BCUT2D eigenvalue weighted by molar-refractivity contribution is -0.135. The van der Waals surface area contributed by atoms with Crippen molar-refractivity contribution in [3.8, 4) is 0 Å². The number of carbonyl (C=O) groups excluding carboxylic acids is 2. The first kappa shape index (κ1) is 17.9. The highest BCUT2D eigenvalue weighted by atomic mass is 16.3. The van der Waals surface area contributed by atoms with Crippen molar-refractivity contribution in [1.82, 2.24) is 15.1 Å². The van der Waals surface area contributed by atoms with Gasteiger partial charge in [-0.2, -0.15) is 0 Å². The molecule has 122 valence electrons. The van der Waals surface area contributed by atoms with Crippen molar-refractivity contribution in [2.75, 3.05) is 40.3 Å². The molecular formula is C15H29N3O3. The van der Waals surface area contributed by atoms with E-state index >= 15 is 0 Å². The number of aliphatic hydroxyl groups is 1. The summed E-state index contributed by atoms with van der Waals surface area (Å²) in [6.07, 6.45) is 4.60. The Labute approximate surface area is 127 Å². The molecule has 0 spiro atoms. The lowest BCUT2D eigenvalue weighted by atomic mass is 10.0. The molecule has 0 bridgehead atoms. The maximum Gasteiger partial charge on any atom is 0.239 e. The van der Waals surface area contributed by atoms with E-state index in [4.69, 9.17) is 0 Å². The zero-order chi connectivity index (χ0) is 15.9. The molecule has 6 nitrogen and oxygen atoms in total. The van der Waals surface area contributed by atoms with Crippen LogP contribution in [0.5, 0.6) is 0 Å². The smallest absolute Gasteiger partial charge is 0.239 e. The van der Waals surface area contributed by atoms with Gasteiger partial charge in [-0.3, -0.25) is 14.5 Å². The molecule has 2 N–H and O–H groups in total. The SMILES string of the molecule is CCCNC(=O)CN(C)C(=O)CN(C)CC1(O)CCCC1. The first-order valence-electron chi connectivity index (χ1n) is 7.78. The number of hydrogen-bond acceptors (Lipinski definition) is 4. The second kappa shape index (κ2) is 8.34. The minimum Gasteiger partial charge on any atom is -0.389 e. The molecule has 1 saturated carbocycles. The number of carbonyl (C=O) groups is 2. The highest BCUT2D eigenvalue weighted by molar-refractivity contribution is 5.85. The van der Waals surface area contributed by atoms with Crippen molar-refractivity contribution in [3.05, 3.63) is 0 Å². The van der Waals surface area contributed by atoms with Gasteiger partial charge in [0.25, 0.3) is 0 Å². The van der Waals surface area contributed by atoms with Crippen LogP contribution in [-0.4, -0.2) is 72.6 Å².